The zero-order chi connectivity index (χ0) is 20.3. The summed E-state index contributed by atoms with van der Waals surface area (Å²) in [5, 5.41) is 2.41. The fraction of sp³-hybridized carbons (Fsp3) is 0.263. The van der Waals surface area contributed by atoms with E-state index in [9.17, 15) is 23.2 Å². The Bertz CT molecular complexity index is 927. The number of piperazine rings is 1. The minimum atomic E-state index is -1.08. The van der Waals surface area contributed by atoms with Crippen molar-refractivity contribution in [1.82, 2.24) is 14.8 Å². The molecule has 2 aromatic rings. The molecule has 1 aromatic heterocycles. The number of benzene rings is 1. The lowest BCUT2D eigenvalue weighted by atomic mass is 10.1. The number of rotatable bonds is 3. The summed E-state index contributed by atoms with van der Waals surface area (Å²) in [6, 6.07) is 5.82. The number of amides is 3. The number of pyridine rings is 1. The number of nitrogens with zero attached hydrogens (tertiary/aromatic N) is 3. The minimum Gasteiger partial charge on any atom is -0.339 e. The van der Waals surface area contributed by atoms with Crippen molar-refractivity contribution in [1.29, 1.82) is 0 Å². The minimum absolute atomic E-state index is 0.0297. The molecule has 0 aliphatic carbocycles. The number of carbonyl (C=O) groups is 3. The van der Waals surface area contributed by atoms with Gasteiger partial charge in [-0.05, 0) is 24.3 Å². The Labute approximate surface area is 160 Å². The Morgan fingerprint density at radius 2 is 1.64 bits per heavy atom. The Balaban J connectivity index is 1.69. The first-order valence-corrected chi connectivity index (χ1v) is 8.62. The third-order valence-electron chi connectivity index (χ3n) is 4.43. The zero-order valence-corrected chi connectivity index (χ0v) is 15.1. The number of hydrogen-bond acceptors (Lipinski definition) is 4. The lowest BCUT2D eigenvalue weighted by Gasteiger charge is -2.34. The third-order valence-corrected chi connectivity index (χ3v) is 4.43. The van der Waals surface area contributed by atoms with Crippen molar-refractivity contribution in [2.75, 3.05) is 31.5 Å². The molecule has 0 bridgehead atoms. The van der Waals surface area contributed by atoms with E-state index < -0.39 is 17.5 Å². The van der Waals surface area contributed by atoms with E-state index in [1.165, 1.54) is 31.3 Å². The molecular weight excluding hydrogens is 370 g/mol. The summed E-state index contributed by atoms with van der Waals surface area (Å²) in [4.78, 5) is 43.6. The zero-order valence-electron chi connectivity index (χ0n) is 15.1. The number of hydrogen-bond donors (Lipinski definition) is 1. The second-order valence-corrected chi connectivity index (χ2v) is 6.31. The van der Waals surface area contributed by atoms with Crippen LogP contribution in [0, 0.1) is 11.6 Å². The molecule has 1 aliphatic rings. The normalized spacial score (nSPS) is 14.0. The van der Waals surface area contributed by atoms with Crippen LogP contribution in [0.4, 0.5) is 14.5 Å². The molecule has 3 rings (SSSR count). The van der Waals surface area contributed by atoms with E-state index in [0.717, 1.165) is 12.1 Å². The molecule has 0 atom stereocenters. The topological polar surface area (TPSA) is 82.6 Å². The van der Waals surface area contributed by atoms with E-state index in [2.05, 4.69) is 10.3 Å². The van der Waals surface area contributed by atoms with E-state index in [4.69, 9.17) is 0 Å². The van der Waals surface area contributed by atoms with Crippen LogP contribution in [0.3, 0.4) is 0 Å². The highest BCUT2D eigenvalue weighted by molar-refractivity contribution is 6.04. The SMILES string of the molecule is CC(=O)N1CCN(C(=O)c2ccnc(C(=O)Nc3ccc(F)c(F)c3)c2)CC1. The highest BCUT2D eigenvalue weighted by Gasteiger charge is 2.24. The monoisotopic (exact) mass is 388 g/mol. The second kappa shape index (κ2) is 8.12. The third kappa shape index (κ3) is 4.30. The van der Waals surface area contributed by atoms with Gasteiger partial charge in [0.1, 0.15) is 5.69 Å². The molecule has 0 saturated carbocycles. The molecule has 1 aromatic carbocycles. The molecule has 2 heterocycles. The van der Waals surface area contributed by atoms with E-state index in [0.29, 0.717) is 26.2 Å². The van der Waals surface area contributed by atoms with Crippen LogP contribution in [0.1, 0.15) is 27.8 Å². The highest BCUT2D eigenvalue weighted by Crippen LogP contribution is 2.15. The maximum atomic E-state index is 13.3. The molecule has 7 nitrogen and oxygen atoms in total. The molecule has 28 heavy (non-hydrogen) atoms. The van der Waals surface area contributed by atoms with Crippen molar-refractivity contribution in [3.8, 4) is 0 Å². The van der Waals surface area contributed by atoms with Gasteiger partial charge in [-0.2, -0.15) is 0 Å². The van der Waals surface area contributed by atoms with Gasteiger partial charge in [0.05, 0.1) is 0 Å². The molecule has 1 fully saturated rings. The van der Waals surface area contributed by atoms with Gasteiger partial charge < -0.3 is 15.1 Å². The first kappa shape index (κ1) is 19.4. The van der Waals surface area contributed by atoms with Crippen LogP contribution in [-0.4, -0.2) is 58.7 Å². The molecule has 3 amide bonds. The van der Waals surface area contributed by atoms with Crippen LogP contribution in [0.5, 0.6) is 0 Å². The summed E-state index contributed by atoms with van der Waals surface area (Å²) in [7, 11) is 0. The lowest BCUT2D eigenvalue weighted by molar-refractivity contribution is -0.130. The first-order valence-electron chi connectivity index (χ1n) is 8.62. The van der Waals surface area contributed by atoms with Gasteiger partial charge in [0.2, 0.25) is 5.91 Å². The first-order chi connectivity index (χ1) is 13.3. The summed E-state index contributed by atoms with van der Waals surface area (Å²) >= 11 is 0. The number of carbonyl (C=O) groups excluding carboxylic acids is 3. The van der Waals surface area contributed by atoms with Gasteiger partial charge in [0.25, 0.3) is 11.8 Å². The van der Waals surface area contributed by atoms with Gasteiger partial charge in [-0.1, -0.05) is 0 Å². The average molecular weight is 388 g/mol. The molecule has 146 valence electrons. The standard InChI is InChI=1S/C19H18F2N4O3/c1-12(26)24-6-8-25(9-7-24)19(28)13-4-5-22-17(10-13)18(27)23-14-2-3-15(20)16(21)11-14/h2-5,10-11H,6-9H2,1H3,(H,23,27). The van der Waals surface area contributed by atoms with Gasteiger partial charge in [0, 0.05) is 56.6 Å². The molecule has 0 spiro atoms. The lowest BCUT2D eigenvalue weighted by Crippen LogP contribution is -2.50. The fourth-order valence-electron chi connectivity index (χ4n) is 2.86. The molecule has 1 aliphatic heterocycles. The smallest absolute Gasteiger partial charge is 0.274 e. The molecule has 1 saturated heterocycles. The quantitative estimate of drug-likeness (QED) is 0.871. The Morgan fingerprint density at radius 3 is 2.29 bits per heavy atom. The predicted molar refractivity (Wildman–Crippen MR) is 96.7 cm³/mol. The summed E-state index contributed by atoms with van der Waals surface area (Å²) < 4.78 is 26.3. The van der Waals surface area contributed by atoms with Crippen molar-refractivity contribution in [2.24, 2.45) is 0 Å². The van der Waals surface area contributed by atoms with Crippen molar-refractivity contribution >= 4 is 23.4 Å². The fourth-order valence-corrected chi connectivity index (χ4v) is 2.86. The molecule has 1 N–H and O–H groups in total. The van der Waals surface area contributed by atoms with Crippen molar-refractivity contribution in [3.05, 3.63) is 59.4 Å². The van der Waals surface area contributed by atoms with E-state index >= 15 is 0 Å². The molecule has 0 radical (unpaired) electrons. The summed E-state index contributed by atoms with van der Waals surface area (Å²) in [6.45, 7) is 3.19. The Morgan fingerprint density at radius 1 is 0.964 bits per heavy atom. The summed E-state index contributed by atoms with van der Waals surface area (Å²) in [6.07, 6.45) is 1.33. The second-order valence-electron chi connectivity index (χ2n) is 6.31. The van der Waals surface area contributed by atoms with E-state index in [-0.39, 0.29) is 28.8 Å². The van der Waals surface area contributed by atoms with Crippen molar-refractivity contribution in [2.45, 2.75) is 6.92 Å². The van der Waals surface area contributed by atoms with Crippen LogP contribution < -0.4 is 5.32 Å². The van der Waals surface area contributed by atoms with Gasteiger partial charge >= 0.3 is 0 Å². The largest absolute Gasteiger partial charge is 0.339 e. The van der Waals surface area contributed by atoms with E-state index in [1.807, 2.05) is 0 Å². The van der Waals surface area contributed by atoms with Crippen LogP contribution >= 0.6 is 0 Å². The summed E-state index contributed by atoms with van der Waals surface area (Å²) in [5.74, 6) is -3.06. The van der Waals surface area contributed by atoms with Gasteiger partial charge in [-0.25, -0.2) is 8.78 Å². The predicted octanol–water partition coefficient (Wildman–Crippen LogP) is 1.92. The van der Waals surface area contributed by atoms with Crippen molar-refractivity contribution < 1.29 is 23.2 Å². The van der Waals surface area contributed by atoms with Gasteiger partial charge in [-0.3, -0.25) is 19.4 Å². The van der Waals surface area contributed by atoms with Crippen LogP contribution in [0.15, 0.2) is 36.5 Å². The Hall–Kier alpha value is -3.36. The maximum absolute atomic E-state index is 13.3. The molecule has 9 heteroatoms. The Kier molecular flexibility index (Phi) is 5.62. The maximum Gasteiger partial charge on any atom is 0.274 e. The number of aromatic nitrogens is 1. The number of halogens is 2. The van der Waals surface area contributed by atoms with Crippen molar-refractivity contribution in [3.63, 3.8) is 0 Å². The van der Waals surface area contributed by atoms with Crippen LogP contribution in [0.25, 0.3) is 0 Å². The van der Waals surface area contributed by atoms with Crippen LogP contribution in [-0.2, 0) is 4.79 Å². The number of anilines is 1. The highest BCUT2D eigenvalue weighted by atomic mass is 19.2. The van der Waals surface area contributed by atoms with Crippen LogP contribution in [0.2, 0.25) is 0 Å². The van der Waals surface area contributed by atoms with Gasteiger partial charge in [-0.15, -0.1) is 0 Å². The summed E-state index contributed by atoms with van der Waals surface area (Å²) in [5.41, 5.74) is 0.322. The molecular formula is C19H18F2N4O3. The average Bonchev–Trinajstić information content (AvgIpc) is 2.70. The van der Waals surface area contributed by atoms with Gasteiger partial charge in [0.15, 0.2) is 11.6 Å². The number of nitrogens with one attached hydrogen (secondary N) is 1. The van der Waals surface area contributed by atoms with E-state index in [1.54, 1.807) is 9.80 Å². The molecule has 0 unspecified atom stereocenters.